The molecule has 1 N–H and O–H groups in total. The second kappa shape index (κ2) is 7.95. The van der Waals surface area contributed by atoms with E-state index >= 15 is 0 Å². The molecule has 1 unspecified atom stereocenters. The summed E-state index contributed by atoms with van der Waals surface area (Å²) in [6, 6.07) is 5.66. The van der Waals surface area contributed by atoms with E-state index in [-0.39, 0.29) is 0 Å². The SMILES string of the molecule is CC(C)CN1CCC(c2cc(CCOc3ccc(F)c(F)c3)[nH]n2)C1. The van der Waals surface area contributed by atoms with Gasteiger partial charge in [-0.25, -0.2) is 8.78 Å². The Balaban J connectivity index is 1.48. The lowest BCUT2D eigenvalue weighted by atomic mass is 10.0. The van der Waals surface area contributed by atoms with E-state index in [2.05, 4.69) is 35.0 Å². The van der Waals surface area contributed by atoms with Gasteiger partial charge < -0.3 is 9.64 Å². The number of halogens is 2. The Hall–Kier alpha value is -1.95. The van der Waals surface area contributed by atoms with Gasteiger partial charge >= 0.3 is 0 Å². The summed E-state index contributed by atoms with van der Waals surface area (Å²) >= 11 is 0. The molecule has 1 aromatic heterocycles. The van der Waals surface area contributed by atoms with Crippen LogP contribution in [0.4, 0.5) is 8.78 Å². The van der Waals surface area contributed by atoms with Gasteiger partial charge in [0, 0.05) is 37.2 Å². The van der Waals surface area contributed by atoms with Crippen LogP contribution < -0.4 is 4.74 Å². The molecule has 1 fully saturated rings. The largest absolute Gasteiger partial charge is 0.493 e. The highest BCUT2D eigenvalue weighted by Crippen LogP contribution is 2.26. The van der Waals surface area contributed by atoms with Crippen LogP contribution in [0.1, 0.15) is 37.6 Å². The number of aromatic nitrogens is 2. The normalized spacial score (nSPS) is 18.2. The molecule has 0 amide bonds. The highest BCUT2D eigenvalue weighted by Gasteiger charge is 2.25. The first kappa shape index (κ1) is 17.9. The van der Waals surface area contributed by atoms with Crippen molar-refractivity contribution in [2.75, 3.05) is 26.2 Å². The molecule has 6 heteroatoms. The second-order valence-corrected chi connectivity index (χ2v) is 7.13. The van der Waals surface area contributed by atoms with E-state index in [4.69, 9.17) is 4.74 Å². The Morgan fingerprint density at radius 2 is 2.12 bits per heavy atom. The van der Waals surface area contributed by atoms with Crippen molar-refractivity contribution >= 4 is 0 Å². The van der Waals surface area contributed by atoms with Crippen molar-refractivity contribution in [1.29, 1.82) is 0 Å². The fourth-order valence-corrected chi connectivity index (χ4v) is 3.32. The minimum Gasteiger partial charge on any atom is -0.493 e. The van der Waals surface area contributed by atoms with E-state index in [1.54, 1.807) is 0 Å². The lowest BCUT2D eigenvalue weighted by Gasteiger charge is -2.17. The average molecular weight is 349 g/mol. The van der Waals surface area contributed by atoms with E-state index in [9.17, 15) is 8.78 Å². The van der Waals surface area contributed by atoms with Crippen molar-refractivity contribution in [3.63, 3.8) is 0 Å². The molecule has 1 saturated heterocycles. The Morgan fingerprint density at radius 1 is 1.28 bits per heavy atom. The Morgan fingerprint density at radius 3 is 2.88 bits per heavy atom. The molecule has 0 bridgehead atoms. The third-order valence-corrected chi connectivity index (χ3v) is 4.50. The van der Waals surface area contributed by atoms with Crippen molar-refractivity contribution in [3.05, 3.63) is 47.3 Å². The number of rotatable bonds is 7. The molecule has 3 rings (SSSR count). The summed E-state index contributed by atoms with van der Waals surface area (Å²) in [5.41, 5.74) is 2.11. The number of ether oxygens (including phenoxy) is 1. The summed E-state index contributed by atoms with van der Waals surface area (Å²) in [6.45, 7) is 8.20. The fourth-order valence-electron chi connectivity index (χ4n) is 3.32. The number of hydrogen-bond donors (Lipinski definition) is 1. The third kappa shape index (κ3) is 4.78. The van der Waals surface area contributed by atoms with Gasteiger partial charge in [-0.05, 0) is 37.1 Å². The van der Waals surface area contributed by atoms with Crippen LogP contribution in [0.2, 0.25) is 0 Å². The molecule has 1 atom stereocenters. The number of nitrogens with zero attached hydrogens (tertiary/aromatic N) is 2. The van der Waals surface area contributed by atoms with Crippen LogP contribution in [-0.2, 0) is 6.42 Å². The van der Waals surface area contributed by atoms with Crippen molar-refractivity contribution in [2.24, 2.45) is 5.92 Å². The summed E-state index contributed by atoms with van der Waals surface area (Å²) < 4.78 is 31.5. The fraction of sp³-hybridized carbons (Fsp3) is 0.526. The van der Waals surface area contributed by atoms with Crippen molar-refractivity contribution < 1.29 is 13.5 Å². The number of nitrogens with one attached hydrogen (secondary N) is 1. The molecule has 0 spiro atoms. The first-order chi connectivity index (χ1) is 12.0. The number of benzene rings is 1. The minimum absolute atomic E-state index is 0.332. The predicted octanol–water partition coefficient (Wildman–Crippen LogP) is 3.75. The summed E-state index contributed by atoms with van der Waals surface area (Å²) in [5, 5.41) is 7.51. The number of H-pyrrole nitrogens is 1. The number of hydrogen-bond acceptors (Lipinski definition) is 3. The van der Waals surface area contributed by atoms with Gasteiger partial charge in [-0.1, -0.05) is 13.8 Å². The standard InChI is InChI=1S/C19H25F2N3O/c1-13(2)11-24-7-5-14(12-24)19-9-15(22-23-19)6-8-25-16-3-4-17(20)18(21)10-16/h3-4,9-10,13-14H,5-8,11-12H2,1-2H3,(H,22,23). The van der Waals surface area contributed by atoms with Crippen LogP contribution in [0.5, 0.6) is 5.75 Å². The zero-order valence-electron chi connectivity index (χ0n) is 14.8. The summed E-state index contributed by atoms with van der Waals surface area (Å²) in [6.07, 6.45) is 1.79. The first-order valence-corrected chi connectivity index (χ1v) is 8.85. The predicted molar refractivity (Wildman–Crippen MR) is 92.8 cm³/mol. The highest BCUT2D eigenvalue weighted by atomic mass is 19.2. The van der Waals surface area contributed by atoms with Gasteiger partial charge in [0.05, 0.1) is 12.3 Å². The van der Waals surface area contributed by atoms with Crippen molar-refractivity contribution in [1.82, 2.24) is 15.1 Å². The van der Waals surface area contributed by atoms with E-state index in [0.29, 0.717) is 30.6 Å². The lowest BCUT2D eigenvalue weighted by Crippen LogP contribution is -2.24. The van der Waals surface area contributed by atoms with Crippen LogP contribution in [0.25, 0.3) is 0 Å². The summed E-state index contributed by atoms with van der Waals surface area (Å²) in [4.78, 5) is 2.50. The highest BCUT2D eigenvalue weighted by molar-refractivity contribution is 5.23. The monoisotopic (exact) mass is 349 g/mol. The Kier molecular flexibility index (Phi) is 5.68. The maximum atomic E-state index is 13.1. The zero-order chi connectivity index (χ0) is 17.8. The summed E-state index contributed by atoms with van der Waals surface area (Å²) in [7, 11) is 0. The smallest absolute Gasteiger partial charge is 0.162 e. The van der Waals surface area contributed by atoms with Gasteiger partial charge in [0.2, 0.25) is 0 Å². The Labute approximate surface area is 147 Å². The van der Waals surface area contributed by atoms with E-state index in [1.165, 1.54) is 6.07 Å². The maximum absolute atomic E-state index is 13.1. The van der Waals surface area contributed by atoms with Gasteiger partial charge in [-0.3, -0.25) is 5.10 Å². The quantitative estimate of drug-likeness (QED) is 0.828. The third-order valence-electron chi connectivity index (χ3n) is 4.50. The molecule has 2 aromatic rings. The van der Waals surface area contributed by atoms with Crippen molar-refractivity contribution in [3.8, 4) is 5.75 Å². The maximum Gasteiger partial charge on any atom is 0.162 e. The zero-order valence-corrected chi connectivity index (χ0v) is 14.8. The lowest BCUT2D eigenvalue weighted by molar-refractivity contribution is 0.294. The molecule has 25 heavy (non-hydrogen) atoms. The van der Waals surface area contributed by atoms with Gasteiger partial charge in [-0.15, -0.1) is 0 Å². The molecular weight excluding hydrogens is 324 g/mol. The van der Waals surface area contributed by atoms with E-state index < -0.39 is 11.6 Å². The molecular formula is C19H25F2N3O. The van der Waals surface area contributed by atoms with Crippen LogP contribution in [-0.4, -0.2) is 41.3 Å². The molecule has 0 radical (unpaired) electrons. The van der Waals surface area contributed by atoms with Crippen LogP contribution in [0.15, 0.2) is 24.3 Å². The van der Waals surface area contributed by atoms with Gasteiger partial charge in [0.1, 0.15) is 5.75 Å². The number of aromatic amines is 1. The molecule has 0 saturated carbocycles. The summed E-state index contributed by atoms with van der Waals surface area (Å²) in [5.74, 6) is -0.265. The van der Waals surface area contributed by atoms with Gasteiger partial charge in [0.15, 0.2) is 11.6 Å². The molecule has 4 nitrogen and oxygen atoms in total. The average Bonchev–Trinajstić information content (AvgIpc) is 3.19. The van der Waals surface area contributed by atoms with Gasteiger partial charge in [-0.2, -0.15) is 5.10 Å². The molecule has 136 valence electrons. The minimum atomic E-state index is -0.895. The topological polar surface area (TPSA) is 41.1 Å². The first-order valence-electron chi connectivity index (χ1n) is 8.85. The molecule has 1 aromatic carbocycles. The molecule has 1 aliphatic heterocycles. The van der Waals surface area contributed by atoms with Crippen LogP contribution >= 0.6 is 0 Å². The van der Waals surface area contributed by atoms with E-state index in [0.717, 1.165) is 49.6 Å². The van der Waals surface area contributed by atoms with Crippen LogP contribution in [0, 0.1) is 17.6 Å². The number of likely N-dealkylation sites (tertiary alicyclic amines) is 1. The second-order valence-electron chi connectivity index (χ2n) is 7.13. The Bertz CT molecular complexity index is 702. The molecule has 1 aliphatic rings. The molecule has 2 heterocycles. The van der Waals surface area contributed by atoms with Crippen molar-refractivity contribution in [2.45, 2.75) is 32.6 Å². The molecule has 0 aliphatic carbocycles. The van der Waals surface area contributed by atoms with Gasteiger partial charge in [0.25, 0.3) is 0 Å². The van der Waals surface area contributed by atoms with E-state index in [1.807, 2.05) is 0 Å². The van der Waals surface area contributed by atoms with Crippen LogP contribution in [0.3, 0.4) is 0 Å².